The first-order chi connectivity index (χ1) is 17.3. The maximum atomic E-state index is 13.9. The number of rotatable bonds is 4. The summed E-state index contributed by atoms with van der Waals surface area (Å²) in [5, 5.41) is 1.54. The molecule has 6 heteroatoms. The Morgan fingerprint density at radius 2 is 1.78 bits per heavy atom. The Morgan fingerprint density at radius 1 is 1.03 bits per heavy atom. The van der Waals surface area contributed by atoms with Crippen molar-refractivity contribution in [3.05, 3.63) is 87.0 Å². The number of halogens is 1. The van der Waals surface area contributed by atoms with E-state index in [0.717, 1.165) is 68.2 Å². The molecule has 1 aliphatic carbocycles. The molecule has 1 aromatic heterocycles. The topological polar surface area (TPSA) is 37.6 Å². The molecule has 1 saturated carbocycles. The molecule has 0 radical (unpaired) electrons. The van der Waals surface area contributed by atoms with Crippen LogP contribution in [0.15, 0.2) is 64.5 Å². The van der Waals surface area contributed by atoms with Crippen LogP contribution < -0.4 is 0 Å². The molecule has 2 aliphatic rings. The molecule has 4 nitrogen and oxygen atoms in total. The van der Waals surface area contributed by atoms with Crippen LogP contribution in [0.2, 0.25) is 5.02 Å². The van der Waals surface area contributed by atoms with Crippen molar-refractivity contribution < 1.29 is 4.79 Å². The molecule has 2 heterocycles. The third-order valence-corrected chi connectivity index (χ3v) is 8.84. The van der Waals surface area contributed by atoms with Gasteiger partial charge in [-0.25, -0.2) is 4.99 Å². The number of benzene rings is 2. The summed E-state index contributed by atoms with van der Waals surface area (Å²) in [5.74, 6) is 0.525. The van der Waals surface area contributed by atoms with Crippen molar-refractivity contribution in [2.45, 2.75) is 59.4 Å². The normalized spacial score (nSPS) is 22.7. The lowest BCUT2D eigenvalue weighted by atomic mass is 9.85. The molecule has 0 unspecified atom stereocenters. The first-order valence-corrected chi connectivity index (χ1v) is 13.9. The minimum absolute atomic E-state index is 0.0668. The first-order valence-electron chi connectivity index (χ1n) is 12.7. The lowest BCUT2D eigenvalue weighted by molar-refractivity contribution is -0.124. The van der Waals surface area contributed by atoms with Crippen LogP contribution >= 0.6 is 23.4 Å². The molecule has 186 valence electrons. The third kappa shape index (κ3) is 4.67. The highest BCUT2D eigenvalue weighted by Crippen LogP contribution is 2.40. The number of amidine groups is 1. The quantitative estimate of drug-likeness (QED) is 0.327. The second-order valence-corrected chi connectivity index (χ2v) is 11.3. The van der Waals surface area contributed by atoms with Crippen LogP contribution in [0.25, 0.3) is 11.8 Å². The maximum absolute atomic E-state index is 13.9. The van der Waals surface area contributed by atoms with Crippen molar-refractivity contribution >= 4 is 46.2 Å². The zero-order valence-corrected chi connectivity index (χ0v) is 22.9. The van der Waals surface area contributed by atoms with Crippen molar-refractivity contribution in [3.8, 4) is 5.69 Å². The molecule has 1 amide bonds. The summed E-state index contributed by atoms with van der Waals surface area (Å²) >= 11 is 7.92. The average Bonchev–Trinajstić information content (AvgIpc) is 3.31. The summed E-state index contributed by atoms with van der Waals surface area (Å²) in [6.45, 7) is 8.51. The molecule has 3 aromatic rings. The smallest absolute Gasteiger partial charge is 0.267 e. The monoisotopic (exact) mass is 517 g/mol. The Labute approximate surface area is 223 Å². The van der Waals surface area contributed by atoms with Crippen LogP contribution in [-0.4, -0.2) is 26.6 Å². The van der Waals surface area contributed by atoms with Gasteiger partial charge in [-0.2, -0.15) is 0 Å². The molecule has 1 aliphatic heterocycles. The number of amides is 1. The Hall–Kier alpha value is -2.76. The number of aromatic nitrogens is 1. The standard InChI is InChI=1S/C30H32ClN3OS/c1-19-11-8-9-15-26(19)34-29(35)28(36-30(34)32-24-12-6-5-7-13-24)18-23-17-20(2)33(22(23)4)27-16-10-14-25(31)21(27)3/h5-7,10,12-14,16-19,26H,8-9,11,15H2,1-4H3/b28-18-,32-30?/t19-,26+/m1/s1. The van der Waals surface area contributed by atoms with Crippen LogP contribution in [0.3, 0.4) is 0 Å². The van der Waals surface area contributed by atoms with Crippen LogP contribution in [0.5, 0.6) is 0 Å². The predicted octanol–water partition coefficient (Wildman–Crippen LogP) is 8.24. The van der Waals surface area contributed by atoms with Gasteiger partial charge in [-0.05, 0) is 98.8 Å². The summed E-state index contributed by atoms with van der Waals surface area (Å²) in [5.41, 5.74) is 6.22. The van der Waals surface area contributed by atoms with E-state index in [1.165, 1.54) is 18.2 Å². The van der Waals surface area contributed by atoms with E-state index in [1.807, 2.05) is 60.4 Å². The zero-order chi connectivity index (χ0) is 25.4. The van der Waals surface area contributed by atoms with Crippen LogP contribution in [0.1, 0.15) is 55.1 Å². The van der Waals surface area contributed by atoms with Gasteiger partial charge in [-0.15, -0.1) is 0 Å². The molecule has 1 saturated heterocycles. The highest BCUT2D eigenvalue weighted by atomic mass is 35.5. The molecular formula is C30H32ClN3OS. The fourth-order valence-electron chi connectivity index (χ4n) is 5.43. The fourth-order valence-corrected chi connectivity index (χ4v) is 6.64. The van der Waals surface area contributed by atoms with Crippen molar-refractivity contribution in [2.24, 2.45) is 10.9 Å². The number of hydrogen-bond donors (Lipinski definition) is 0. The summed E-state index contributed by atoms with van der Waals surface area (Å²) < 4.78 is 2.22. The number of aryl methyl sites for hydroxylation is 1. The van der Waals surface area contributed by atoms with E-state index < -0.39 is 0 Å². The zero-order valence-electron chi connectivity index (χ0n) is 21.3. The Morgan fingerprint density at radius 3 is 2.53 bits per heavy atom. The summed E-state index contributed by atoms with van der Waals surface area (Å²) in [6, 6.07) is 18.3. The minimum atomic E-state index is 0.0668. The second-order valence-electron chi connectivity index (χ2n) is 9.89. The van der Waals surface area contributed by atoms with Crippen molar-refractivity contribution in [3.63, 3.8) is 0 Å². The van der Waals surface area contributed by atoms with E-state index in [1.54, 1.807) is 0 Å². The lowest BCUT2D eigenvalue weighted by Gasteiger charge is -2.35. The van der Waals surface area contributed by atoms with E-state index in [9.17, 15) is 4.79 Å². The molecule has 0 bridgehead atoms. The van der Waals surface area contributed by atoms with Gasteiger partial charge in [0.2, 0.25) is 0 Å². The second kappa shape index (κ2) is 10.3. The van der Waals surface area contributed by atoms with E-state index in [0.29, 0.717) is 5.92 Å². The number of hydrogen-bond acceptors (Lipinski definition) is 3. The van der Waals surface area contributed by atoms with Gasteiger partial charge >= 0.3 is 0 Å². The summed E-state index contributed by atoms with van der Waals surface area (Å²) in [6.07, 6.45) is 6.60. The minimum Gasteiger partial charge on any atom is -0.318 e. The fraction of sp³-hybridized carbons (Fsp3) is 0.333. The van der Waals surface area contributed by atoms with E-state index >= 15 is 0 Å². The van der Waals surface area contributed by atoms with Crippen molar-refractivity contribution in [2.75, 3.05) is 0 Å². The summed E-state index contributed by atoms with van der Waals surface area (Å²) in [4.78, 5) is 21.5. The largest absolute Gasteiger partial charge is 0.318 e. The molecule has 0 spiro atoms. The maximum Gasteiger partial charge on any atom is 0.267 e. The van der Waals surface area contributed by atoms with Crippen LogP contribution in [-0.2, 0) is 4.79 Å². The lowest BCUT2D eigenvalue weighted by Crippen LogP contribution is -2.44. The van der Waals surface area contributed by atoms with Gasteiger partial charge in [0.1, 0.15) is 0 Å². The highest BCUT2D eigenvalue weighted by Gasteiger charge is 2.41. The molecule has 5 rings (SSSR count). The SMILES string of the molecule is Cc1c(Cl)cccc1-n1c(C)cc(/C=C2\SC(=Nc3ccccc3)N([C@H]3CCCC[C@H]3C)C2=O)c1C. The number of nitrogens with zero attached hydrogens (tertiary/aromatic N) is 3. The number of thioether (sulfide) groups is 1. The number of para-hydroxylation sites is 1. The van der Waals surface area contributed by atoms with Crippen LogP contribution in [0.4, 0.5) is 5.69 Å². The Bertz CT molecular complexity index is 1360. The highest BCUT2D eigenvalue weighted by molar-refractivity contribution is 8.18. The number of carbonyl (C=O) groups is 1. The number of carbonyl (C=O) groups excluding carboxylic acids is 1. The van der Waals surface area contributed by atoms with Crippen LogP contribution in [0, 0.1) is 26.7 Å². The molecular weight excluding hydrogens is 486 g/mol. The van der Waals surface area contributed by atoms with Gasteiger partial charge < -0.3 is 4.57 Å². The first kappa shape index (κ1) is 24.9. The van der Waals surface area contributed by atoms with E-state index in [2.05, 4.69) is 37.5 Å². The van der Waals surface area contributed by atoms with Crippen molar-refractivity contribution in [1.82, 2.24) is 9.47 Å². The molecule has 36 heavy (non-hydrogen) atoms. The summed E-state index contributed by atoms with van der Waals surface area (Å²) in [7, 11) is 0. The van der Waals surface area contributed by atoms with E-state index in [4.69, 9.17) is 16.6 Å². The predicted molar refractivity (Wildman–Crippen MR) is 152 cm³/mol. The number of aliphatic imine (C=N–C) groups is 1. The van der Waals surface area contributed by atoms with Gasteiger partial charge in [-0.1, -0.05) is 55.6 Å². The van der Waals surface area contributed by atoms with Gasteiger partial charge in [0.15, 0.2) is 5.17 Å². The van der Waals surface area contributed by atoms with Gasteiger partial charge in [-0.3, -0.25) is 9.69 Å². The van der Waals surface area contributed by atoms with Gasteiger partial charge in [0.25, 0.3) is 5.91 Å². The third-order valence-electron chi connectivity index (χ3n) is 7.45. The van der Waals surface area contributed by atoms with Crippen molar-refractivity contribution in [1.29, 1.82) is 0 Å². The molecule has 2 fully saturated rings. The van der Waals surface area contributed by atoms with E-state index in [-0.39, 0.29) is 11.9 Å². The Balaban J connectivity index is 1.55. The molecule has 2 atom stereocenters. The molecule has 0 N–H and O–H groups in total. The van der Waals surface area contributed by atoms with Gasteiger partial charge in [0.05, 0.1) is 10.6 Å². The van der Waals surface area contributed by atoms with Gasteiger partial charge in [0, 0.05) is 28.1 Å². The average molecular weight is 518 g/mol. The molecule has 2 aromatic carbocycles. The Kier molecular flexibility index (Phi) is 7.14.